The van der Waals surface area contributed by atoms with Crippen molar-refractivity contribution in [1.82, 2.24) is 24.0 Å². The number of aryl methyl sites for hydroxylation is 1. The van der Waals surface area contributed by atoms with Crippen LogP contribution in [0.25, 0.3) is 5.69 Å². The van der Waals surface area contributed by atoms with E-state index in [0.29, 0.717) is 23.3 Å². The SMILES string of the molecule is CSc1ncc(C(=O)N(C)CC2CCn3ccnc3C2)n1-c1ccc(F)cc1. The average molecular weight is 399 g/mol. The summed E-state index contributed by atoms with van der Waals surface area (Å²) in [6.45, 7) is 1.60. The maximum absolute atomic E-state index is 13.3. The van der Waals surface area contributed by atoms with Crippen molar-refractivity contribution >= 4 is 17.7 Å². The van der Waals surface area contributed by atoms with Crippen LogP contribution >= 0.6 is 11.8 Å². The number of fused-ring (bicyclic) bond motifs is 1. The maximum Gasteiger partial charge on any atom is 0.272 e. The van der Waals surface area contributed by atoms with Gasteiger partial charge in [-0.15, -0.1) is 0 Å². The molecule has 0 spiro atoms. The highest BCUT2D eigenvalue weighted by Gasteiger charge is 2.25. The van der Waals surface area contributed by atoms with Crippen molar-refractivity contribution in [2.24, 2.45) is 5.92 Å². The molecule has 146 valence electrons. The van der Waals surface area contributed by atoms with E-state index in [2.05, 4.69) is 14.5 Å². The molecule has 0 saturated carbocycles. The predicted octanol–water partition coefficient (Wildman–Crippen LogP) is 3.26. The Balaban J connectivity index is 1.54. The van der Waals surface area contributed by atoms with E-state index < -0.39 is 0 Å². The number of rotatable bonds is 5. The van der Waals surface area contributed by atoms with Crippen LogP contribution in [-0.4, -0.2) is 49.8 Å². The minimum absolute atomic E-state index is 0.0916. The lowest BCUT2D eigenvalue weighted by atomic mass is 9.97. The molecule has 3 aromatic rings. The van der Waals surface area contributed by atoms with Crippen molar-refractivity contribution < 1.29 is 9.18 Å². The van der Waals surface area contributed by atoms with Crippen LogP contribution in [0.5, 0.6) is 0 Å². The molecule has 1 aromatic carbocycles. The third-order valence-electron chi connectivity index (χ3n) is 5.15. The van der Waals surface area contributed by atoms with Crippen molar-refractivity contribution in [3.05, 3.63) is 60.2 Å². The van der Waals surface area contributed by atoms with Gasteiger partial charge in [0, 0.05) is 44.6 Å². The molecular weight excluding hydrogens is 377 g/mol. The summed E-state index contributed by atoms with van der Waals surface area (Å²) < 4.78 is 17.3. The first kappa shape index (κ1) is 18.7. The minimum Gasteiger partial charge on any atom is -0.340 e. The number of hydrogen-bond donors (Lipinski definition) is 0. The Morgan fingerprint density at radius 2 is 2.11 bits per heavy atom. The van der Waals surface area contributed by atoms with E-state index in [-0.39, 0.29) is 11.7 Å². The monoisotopic (exact) mass is 399 g/mol. The summed E-state index contributed by atoms with van der Waals surface area (Å²) >= 11 is 1.45. The first-order chi connectivity index (χ1) is 13.6. The zero-order chi connectivity index (χ0) is 19.7. The highest BCUT2D eigenvalue weighted by atomic mass is 32.2. The number of carbonyl (C=O) groups excluding carboxylic acids is 1. The number of carbonyl (C=O) groups is 1. The van der Waals surface area contributed by atoms with Gasteiger partial charge in [0.1, 0.15) is 17.3 Å². The first-order valence-electron chi connectivity index (χ1n) is 9.20. The average Bonchev–Trinajstić information content (AvgIpc) is 3.34. The minimum atomic E-state index is -0.310. The van der Waals surface area contributed by atoms with Gasteiger partial charge in [0.25, 0.3) is 5.91 Å². The molecule has 0 bridgehead atoms. The Bertz CT molecular complexity index is 981. The van der Waals surface area contributed by atoms with Gasteiger partial charge in [0.05, 0.1) is 6.20 Å². The normalized spacial score (nSPS) is 16.0. The number of nitrogens with zero attached hydrogens (tertiary/aromatic N) is 5. The molecule has 1 atom stereocenters. The van der Waals surface area contributed by atoms with Gasteiger partial charge in [0.15, 0.2) is 5.16 Å². The smallest absolute Gasteiger partial charge is 0.272 e. The Labute approximate surface area is 167 Å². The molecule has 0 saturated heterocycles. The van der Waals surface area contributed by atoms with Crippen LogP contribution < -0.4 is 0 Å². The zero-order valence-corrected chi connectivity index (χ0v) is 16.7. The number of amides is 1. The molecule has 1 aliphatic rings. The fourth-order valence-electron chi connectivity index (χ4n) is 3.71. The second-order valence-corrected chi connectivity index (χ2v) is 7.80. The number of aromatic nitrogens is 4. The standard InChI is InChI=1S/C20H22FN5OS/c1-24(13-14-7-9-25-10-8-22-18(25)11-14)19(27)17-12-23-20(28-2)26(17)16-5-3-15(21)4-6-16/h3-6,8,10,12,14H,7,9,11,13H2,1-2H3. The fourth-order valence-corrected chi connectivity index (χ4v) is 4.25. The number of thioether (sulfide) groups is 1. The van der Waals surface area contributed by atoms with Gasteiger partial charge in [-0.05, 0) is 42.9 Å². The first-order valence-corrected chi connectivity index (χ1v) is 10.4. The summed E-state index contributed by atoms with van der Waals surface area (Å²) in [4.78, 5) is 23.7. The molecule has 4 rings (SSSR count). The van der Waals surface area contributed by atoms with E-state index in [9.17, 15) is 9.18 Å². The van der Waals surface area contributed by atoms with E-state index in [1.54, 1.807) is 27.8 Å². The Hall–Kier alpha value is -2.61. The molecule has 3 heterocycles. The van der Waals surface area contributed by atoms with Gasteiger partial charge in [-0.3, -0.25) is 9.36 Å². The molecule has 0 aliphatic carbocycles. The van der Waals surface area contributed by atoms with E-state index in [4.69, 9.17) is 0 Å². The van der Waals surface area contributed by atoms with Gasteiger partial charge in [-0.1, -0.05) is 11.8 Å². The van der Waals surface area contributed by atoms with Crippen molar-refractivity contribution in [2.45, 2.75) is 24.5 Å². The summed E-state index contributed by atoms with van der Waals surface area (Å²) in [5, 5.41) is 0.697. The molecule has 2 aromatic heterocycles. The summed E-state index contributed by atoms with van der Waals surface area (Å²) in [6.07, 6.45) is 9.24. The molecule has 0 fully saturated rings. The van der Waals surface area contributed by atoms with Crippen molar-refractivity contribution in [1.29, 1.82) is 0 Å². The molecule has 8 heteroatoms. The van der Waals surface area contributed by atoms with E-state index >= 15 is 0 Å². The number of imidazole rings is 2. The van der Waals surface area contributed by atoms with Gasteiger partial charge in [-0.2, -0.15) is 0 Å². The Morgan fingerprint density at radius 1 is 1.32 bits per heavy atom. The van der Waals surface area contributed by atoms with Crippen LogP contribution in [0.1, 0.15) is 22.7 Å². The second-order valence-electron chi connectivity index (χ2n) is 7.02. The largest absolute Gasteiger partial charge is 0.340 e. The van der Waals surface area contributed by atoms with Crippen LogP contribution in [0.15, 0.2) is 48.0 Å². The Morgan fingerprint density at radius 3 is 2.86 bits per heavy atom. The fraction of sp³-hybridized carbons (Fsp3) is 0.350. The van der Waals surface area contributed by atoms with Gasteiger partial charge in [-0.25, -0.2) is 14.4 Å². The molecule has 0 radical (unpaired) electrons. The van der Waals surface area contributed by atoms with Crippen LogP contribution in [0.4, 0.5) is 4.39 Å². The summed E-state index contributed by atoms with van der Waals surface area (Å²) in [5.41, 5.74) is 1.20. The predicted molar refractivity (Wildman–Crippen MR) is 106 cm³/mol. The Kier molecular flexibility index (Phi) is 5.21. The third kappa shape index (κ3) is 3.56. The van der Waals surface area contributed by atoms with Crippen molar-refractivity contribution in [3.63, 3.8) is 0 Å². The lowest BCUT2D eigenvalue weighted by Crippen LogP contribution is -2.35. The van der Waals surface area contributed by atoms with E-state index in [0.717, 1.165) is 30.9 Å². The van der Waals surface area contributed by atoms with Crippen LogP contribution in [0.2, 0.25) is 0 Å². The molecule has 1 unspecified atom stereocenters. The quantitative estimate of drug-likeness (QED) is 0.618. The van der Waals surface area contributed by atoms with Crippen molar-refractivity contribution in [3.8, 4) is 5.69 Å². The molecule has 28 heavy (non-hydrogen) atoms. The third-order valence-corrected chi connectivity index (χ3v) is 5.80. The van der Waals surface area contributed by atoms with Gasteiger partial charge in [0.2, 0.25) is 0 Å². The number of halogens is 1. The van der Waals surface area contributed by atoms with Gasteiger partial charge < -0.3 is 9.47 Å². The zero-order valence-electron chi connectivity index (χ0n) is 15.9. The van der Waals surface area contributed by atoms with Crippen LogP contribution in [0, 0.1) is 11.7 Å². The molecule has 6 nitrogen and oxygen atoms in total. The highest BCUT2D eigenvalue weighted by molar-refractivity contribution is 7.98. The lowest BCUT2D eigenvalue weighted by Gasteiger charge is -2.28. The summed E-state index contributed by atoms with van der Waals surface area (Å²) in [7, 11) is 1.82. The summed E-state index contributed by atoms with van der Waals surface area (Å²) in [6, 6.07) is 6.10. The second kappa shape index (κ2) is 7.79. The molecule has 1 amide bonds. The number of hydrogen-bond acceptors (Lipinski definition) is 4. The maximum atomic E-state index is 13.3. The van der Waals surface area contributed by atoms with Gasteiger partial charge >= 0.3 is 0 Å². The highest BCUT2D eigenvalue weighted by Crippen LogP contribution is 2.24. The van der Waals surface area contributed by atoms with E-state index in [1.165, 1.54) is 23.9 Å². The van der Waals surface area contributed by atoms with Crippen molar-refractivity contribution in [2.75, 3.05) is 19.8 Å². The topological polar surface area (TPSA) is 56.0 Å². The molecule has 0 N–H and O–H groups in total. The number of benzene rings is 1. The molecular formula is C20H22FN5OS. The molecule has 1 aliphatic heterocycles. The van der Waals surface area contributed by atoms with Crippen LogP contribution in [0.3, 0.4) is 0 Å². The van der Waals surface area contributed by atoms with Crippen LogP contribution in [-0.2, 0) is 13.0 Å². The summed E-state index contributed by atoms with van der Waals surface area (Å²) in [5.74, 6) is 1.06. The lowest BCUT2D eigenvalue weighted by molar-refractivity contribution is 0.0755. The van der Waals surface area contributed by atoms with E-state index in [1.807, 2.05) is 25.7 Å².